The van der Waals surface area contributed by atoms with Crippen molar-refractivity contribution in [2.24, 2.45) is 5.73 Å². The Balaban J connectivity index is 1.83. The summed E-state index contributed by atoms with van der Waals surface area (Å²) in [7, 11) is 0. The van der Waals surface area contributed by atoms with Crippen molar-refractivity contribution >= 4 is 0 Å². The number of phenolic OH excluding ortho intramolecular Hbond substituents is 1. The standard InChI is InChI=1S/C15H25N3O/c1-2-14(11-16)18-8-6-17(7-9-18)12-13-4-3-5-15(19)10-13/h3-5,10,14,19H,2,6-9,11-12,16H2,1H3. The monoisotopic (exact) mass is 263 g/mol. The largest absolute Gasteiger partial charge is 0.508 e. The van der Waals surface area contributed by atoms with E-state index in [0.29, 0.717) is 11.8 Å². The van der Waals surface area contributed by atoms with Gasteiger partial charge in [-0.2, -0.15) is 0 Å². The molecule has 1 aromatic rings. The van der Waals surface area contributed by atoms with Crippen LogP contribution in [0.3, 0.4) is 0 Å². The molecule has 1 unspecified atom stereocenters. The fourth-order valence-corrected chi connectivity index (χ4v) is 2.77. The zero-order chi connectivity index (χ0) is 13.7. The fraction of sp³-hybridized carbons (Fsp3) is 0.600. The lowest BCUT2D eigenvalue weighted by Crippen LogP contribution is -2.51. The minimum absolute atomic E-state index is 0.352. The van der Waals surface area contributed by atoms with Crippen molar-refractivity contribution < 1.29 is 5.11 Å². The molecule has 0 amide bonds. The molecule has 1 aliphatic heterocycles. The number of hydrogen-bond donors (Lipinski definition) is 2. The van der Waals surface area contributed by atoms with Crippen LogP contribution >= 0.6 is 0 Å². The molecule has 1 aliphatic rings. The van der Waals surface area contributed by atoms with Gasteiger partial charge in [0.2, 0.25) is 0 Å². The summed E-state index contributed by atoms with van der Waals surface area (Å²) in [4.78, 5) is 4.94. The van der Waals surface area contributed by atoms with Crippen molar-refractivity contribution in [2.45, 2.75) is 25.9 Å². The number of benzene rings is 1. The van der Waals surface area contributed by atoms with E-state index in [1.54, 1.807) is 6.07 Å². The molecule has 4 heteroatoms. The van der Waals surface area contributed by atoms with Gasteiger partial charge in [0, 0.05) is 45.3 Å². The van der Waals surface area contributed by atoms with Crippen LogP contribution in [0.1, 0.15) is 18.9 Å². The second kappa shape index (κ2) is 6.89. The number of phenols is 1. The van der Waals surface area contributed by atoms with Crippen LogP contribution in [0.25, 0.3) is 0 Å². The van der Waals surface area contributed by atoms with Crippen molar-refractivity contribution in [3.8, 4) is 5.75 Å². The SMILES string of the molecule is CCC(CN)N1CCN(Cc2cccc(O)c2)CC1. The quantitative estimate of drug-likeness (QED) is 0.839. The van der Waals surface area contributed by atoms with E-state index in [-0.39, 0.29) is 0 Å². The van der Waals surface area contributed by atoms with Crippen LogP contribution in [0.5, 0.6) is 5.75 Å². The van der Waals surface area contributed by atoms with Crippen LogP contribution in [0.4, 0.5) is 0 Å². The highest BCUT2D eigenvalue weighted by atomic mass is 16.3. The summed E-state index contributed by atoms with van der Waals surface area (Å²) < 4.78 is 0. The molecular weight excluding hydrogens is 238 g/mol. The van der Waals surface area contributed by atoms with Crippen molar-refractivity contribution in [2.75, 3.05) is 32.7 Å². The maximum absolute atomic E-state index is 9.48. The van der Waals surface area contributed by atoms with Crippen LogP contribution in [0.2, 0.25) is 0 Å². The predicted molar refractivity (Wildman–Crippen MR) is 78.1 cm³/mol. The molecule has 3 N–H and O–H groups in total. The Bertz CT molecular complexity index is 385. The summed E-state index contributed by atoms with van der Waals surface area (Å²) in [5, 5.41) is 9.48. The molecule has 1 heterocycles. The Hall–Kier alpha value is -1.10. The van der Waals surface area contributed by atoms with Crippen LogP contribution in [0, 0.1) is 0 Å². The number of rotatable bonds is 5. The van der Waals surface area contributed by atoms with Gasteiger partial charge in [0.1, 0.15) is 5.75 Å². The smallest absolute Gasteiger partial charge is 0.115 e. The molecule has 19 heavy (non-hydrogen) atoms. The highest BCUT2D eigenvalue weighted by Crippen LogP contribution is 2.15. The van der Waals surface area contributed by atoms with E-state index >= 15 is 0 Å². The van der Waals surface area contributed by atoms with Gasteiger partial charge in [0.05, 0.1) is 0 Å². The van der Waals surface area contributed by atoms with Crippen LogP contribution in [0.15, 0.2) is 24.3 Å². The second-order valence-electron chi connectivity index (χ2n) is 5.28. The van der Waals surface area contributed by atoms with Crippen molar-refractivity contribution in [3.05, 3.63) is 29.8 Å². The van der Waals surface area contributed by atoms with Crippen molar-refractivity contribution in [1.29, 1.82) is 0 Å². The first kappa shape index (κ1) is 14.3. The average Bonchev–Trinajstić information content (AvgIpc) is 2.42. The number of nitrogens with zero attached hydrogens (tertiary/aromatic N) is 2. The van der Waals surface area contributed by atoms with E-state index in [2.05, 4.69) is 22.8 Å². The molecule has 0 spiro atoms. The summed E-state index contributed by atoms with van der Waals surface area (Å²) in [5.74, 6) is 0.352. The summed E-state index contributed by atoms with van der Waals surface area (Å²) in [6.45, 7) is 8.21. The highest BCUT2D eigenvalue weighted by Gasteiger charge is 2.21. The Morgan fingerprint density at radius 2 is 2.00 bits per heavy atom. The Morgan fingerprint density at radius 1 is 1.26 bits per heavy atom. The Kier molecular flexibility index (Phi) is 5.19. The summed E-state index contributed by atoms with van der Waals surface area (Å²) in [6, 6.07) is 8.07. The van der Waals surface area contributed by atoms with Gasteiger partial charge < -0.3 is 10.8 Å². The third kappa shape index (κ3) is 3.93. The van der Waals surface area contributed by atoms with E-state index in [4.69, 9.17) is 5.73 Å². The van der Waals surface area contributed by atoms with Gasteiger partial charge in [-0.25, -0.2) is 0 Å². The molecular formula is C15H25N3O. The molecule has 0 aromatic heterocycles. The van der Waals surface area contributed by atoms with Crippen molar-refractivity contribution in [3.63, 3.8) is 0 Å². The number of aromatic hydroxyl groups is 1. The van der Waals surface area contributed by atoms with Crippen LogP contribution < -0.4 is 5.73 Å². The lowest BCUT2D eigenvalue weighted by Gasteiger charge is -2.38. The Morgan fingerprint density at radius 3 is 2.58 bits per heavy atom. The minimum Gasteiger partial charge on any atom is -0.508 e. The van der Waals surface area contributed by atoms with Gasteiger partial charge in [-0.3, -0.25) is 9.80 Å². The van der Waals surface area contributed by atoms with Crippen molar-refractivity contribution in [1.82, 2.24) is 9.80 Å². The first-order valence-electron chi connectivity index (χ1n) is 7.17. The van der Waals surface area contributed by atoms with E-state index in [0.717, 1.165) is 45.7 Å². The van der Waals surface area contributed by atoms with Crippen LogP contribution in [-0.4, -0.2) is 53.7 Å². The average molecular weight is 263 g/mol. The molecule has 0 saturated carbocycles. The zero-order valence-electron chi connectivity index (χ0n) is 11.8. The lowest BCUT2D eigenvalue weighted by molar-refractivity contribution is 0.0926. The normalized spacial score (nSPS) is 19.5. The third-order valence-electron chi connectivity index (χ3n) is 3.98. The molecule has 0 bridgehead atoms. The molecule has 1 saturated heterocycles. The van der Waals surface area contributed by atoms with Gasteiger partial charge in [0.15, 0.2) is 0 Å². The van der Waals surface area contributed by atoms with Crippen LogP contribution in [-0.2, 0) is 6.54 Å². The third-order valence-corrected chi connectivity index (χ3v) is 3.98. The predicted octanol–water partition coefficient (Wildman–Crippen LogP) is 1.25. The van der Waals surface area contributed by atoms with Gasteiger partial charge in [-0.05, 0) is 24.1 Å². The number of piperazine rings is 1. The number of nitrogens with two attached hydrogens (primary N) is 1. The van der Waals surface area contributed by atoms with Gasteiger partial charge >= 0.3 is 0 Å². The van der Waals surface area contributed by atoms with Gasteiger partial charge in [-0.1, -0.05) is 19.1 Å². The summed E-state index contributed by atoms with van der Waals surface area (Å²) in [6.07, 6.45) is 1.13. The summed E-state index contributed by atoms with van der Waals surface area (Å²) in [5.41, 5.74) is 6.99. The van der Waals surface area contributed by atoms with E-state index in [1.807, 2.05) is 12.1 Å². The molecule has 2 rings (SSSR count). The fourth-order valence-electron chi connectivity index (χ4n) is 2.77. The second-order valence-corrected chi connectivity index (χ2v) is 5.28. The molecule has 1 aromatic carbocycles. The maximum atomic E-state index is 9.48. The van der Waals surface area contributed by atoms with E-state index in [1.165, 1.54) is 5.56 Å². The zero-order valence-corrected chi connectivity index (χ0v) is 11.8. The highest BCUT2D eigenvalue weighted by molar-refractivity contribution is 5.27. The van der Waals surface area contributed by atoms with E-state index < -0.39 is 0 Å². The van der Waals surface area contributed by atoms with E-state index in [9.17, 15) is 5.11 Å². The van der Waals surface area contributed by atoms with Gasteiger partial charge in [0.25, 0.3) is 0 Å². The molecule has 0 aliphatic carbocycles. The number of hydrogen-bond acceptors (Lipinski definition) is 4. The topological polar surface area (TPSA) is 52.7 Å². The first-order valence-corrected chi connectivity index (χ1v) is 7.17. The lowest BCUT2D eigenvalue weighted by atomic mass is 10.1. The molecule has 106 valence electrons. The Labute approximate surface area is 115 Å². The first-order chi connectivity index (χ1) is 9.22. The molecule has 1 fully saturated rings. The molecule has 4 nitrogen and oxygen atoms in total. The summed E-state index contributed by atoms with van der Waals surface area (Å²) >= 11 is 0. The minimum atomic E-state index is 0.352. The molecule has 1 atom stereocenters. The molecule has 0 radical (unpaired) electrons. The van der Waals surface area contributed by atoms with Gasteiger partial charge in [-0.15, -0.1) is 0 Å². The maximum Gasteiger partial charge on any atom is 0.115 e.